The van der Waals surface area contributed by atoms with E-state index in [4.69, 9.17) is 4.74 Å². The van der Waals surface area contributed by atoms with Gasteiger partial charge in [0.25, 0.3) is 0 Å². The van der Waals surface area contributed by atoms with Crippen molar-refractivity contribution in [3.05, 3.63) is 53.7 Å². The highest BCUT2D eigenvalue weighted by atomic mass is 16.5. The molecule has 27 heavy (non-hydrogen) atoms. The zero-order valence-electron chi connectivity index (χ0n) is 16.1. The lowest BCUT2D eigenvalue weighted by Crippen LogP contribution is -2.44. The van der Waals surface area contributed by atoms with Crippen LogP contribution in [0.3, 0.4) is 0 Å². The number of hydrogen-bond acceptors (Lipinski definition) is 5. The first kappa shape index (κ1) is 19.2. The molecule has 1 aromatic carbocycles. The van der Waals surface area contributed by atoms with Gasteiger partial charge in [-0.2, -0.15) is 0 Å². The molecule has 1 aliphatic rings. The van der Waals surface area contributed by atoms with Crippen LogP contribution in [0.2, 0.25) is 0 Å². The van der Waals surface area contributed by atoms with Crippen LogP contribution in [0.25, 0.3) is 0 Å². The van der Waals surface area contributed by atoms with Crippen LogP contribution >= 0.6 is 0 Å². The molecule has 0 bridgehead atoms. The predicted molar refractivity (Wildman–Crippen MR) is 107 cm³/mol. The maximum absolute atomic E-state index is 12.2. The van der Waals surface area contributed by atoms with Crippen LogP contribution in [0.15, 0.2) is 42.6 Å². The smallest absolute Gasteiger partial charge is 0.224 e. The molecule has 6 nitrogen and oxygen atoms in total. The molecule has 2 aromatic rings. The Balaban J connectivity index is 1.45. The molecule has 3 rings (SSSR count). The fraction of sp³-hybridized carbons (Fsp3) is 0.429. The van der Waals surface area contributed by atoms with Gasteiger partial charge in [-0.1, -0.05) is 18.2 Å². The summed E-state index contributed by atoms with van der Waals surface area (Å²) < 4.78 is 5.42. The fourth-order valence-corrected chi connectivity index (χ4v) is 3.06. The van der Waals surface area contributed by atoms with Gasteiger partial charge >= 0.3 is 0 Å². The van der Waals surface area contributed by atoms with Crippen molar-refractivity contribution in [2.45, 2.75) is 19.9 Å². The van der Waals surface area contributed by atoms with Crippen molar-refractivity contribution < 1.29 is 9.53 Å². The molecule has 2 heterocycles. The van der Waals surface area contributed by atoms with E-state index in [0.717, 1.165) is 48.9 Å². The van der Waals surface area contributed by atoms with Crippen molar-refractivity contribution in [1.29, 1.82) is 0 Å². The van der Waals surface area contributed by atoms with E-state index in [1.165, 1.54) is 0 Å². The third kappa shape index (κ3) is 5.69. The zero-order valence-corrected chi connectivity index (χ0v) is 16.1. The second-order valence-electron chi connectivity index (χ2n) is 6.85. The molecule has 1 saturated heterocycles. The zero-order chi connectivity index (χ0) is 19.1. The predicted octanol–water partition coefficient (Wildman–Crippen LogP) is 2.09. The van der Waals surface area contributed by atoms with Gasteiger partial charge < -0.3 is 19.9 Å². The lowest BCUT2D eigenvalue weighted by molar-refractivity contribution is -0.120. The Morgan fingerprint density at radius 2 is 1.78 bits per heavy atom. The van der Waals surface area contributed by atoms with E-state index < -0.39 is 0 Å². The monoisotopic (exact) mass is 368 g/mol. The van der Waals surface area contributed by atoms with Crippen LogP contribution in [-0.2, 0) is 17.8 Å². The maximum atomic E-state index is 12.2. The number of ether oxygens (including phenoxy) is 1. The molecular weight excluding hydrogens is 340 g/mol. The third-order valence-electron chi connectivity index (χ3n) is 4.73. The number of rotatable bonds is 7. The van der Waals surface area contributed by atoms with Crippen molar-refractivity contribution in [1.82, 2.24) is 15.2 Å². The van der Waals surface area contributed by atoms with E-state index in [1.807, 2.05) is 49.5 Å². The molecule has 0 radical (unpaired) electrons. The summed E-state index contributed by atoms with van der Waals surface area (Å²) in [6, 6.07) is 11.7. The van der Waals surface area contributed by atoms with Gasteiger partial charge in [0.1, 0.15) is 11.6 Å². The first-order chi connectivity index (χ1) is 13.1. The van der Waals surface area contributed by atoms with Crippen LogP contribution in [0.5, 0.6) is 5.75 Å². The first-order valence-corrected chi connectivity index (χ1v) is 9.51. The molecule has 1 aliphatic heterocycles. The van der Waals surface area contributed by atoms with E-state index in [2.05, 4.69) is 27.1 Å². The molecule has 0 aliphatic carbocycles. The Morgan fingerprint density at radius 1 is 1.07 bits per heavy atom. The summed E-state index contributed by atoms with van der Waals surface area (Å²) in [6.45, 7) is 7.21. The van der Waals surface area contributed by atoms with Gasteiger partial charge in [0.15, 0.2) is 0 Å². The summed E-state index contributed by atoms with van der Waals surface area (Å²) in [7, 11) is 2.14. The van der Waals surface area contributed by atoms with Crippen LogP contribution in [0, 0.1) is 0 Å². The second-order valence-corrected chi connectivity index (χ2v) is 6.85. The number of pyridine rings is 1. The van der Waals surface area contributed by atoms with Crippen molar-refractivity contribution in [2.75, 3.05) is 44.7 Å². The highest BCUT2D eigenvalue weighted by Gasteiger charge is 2.15. The Morgan fingerprint density at radius 3 is 2.41 bits per heavy atom. The largest absolute Gasteiger partial charge is 0.494 e. The molecule has 0 saturated carbocycles. The minimum absolute atomic E-state index is 0.00213. The Labute approximate surface area is 161 Å². The van der Waals surface area contributed by atoms with Crippen molar-refractivity contribution >= 4 is 11.7 Å². The van der Waals surface area contributed by atoms with Crippen molar-refractivity contribution in [2.24, 2.45) is 0 Å². The van der Waals surface area contributed by atoms with Crippen LogP contribution in [0.1, 0.15) is 18.1 Å². The van der Waals surface area contributed by atoms with E-state index in [0.29, 0.717) is 19.6 Å². The normalized spacial score (nSPS) is 14.8. The SMILES string of the molecule is CCOc1ccc(CC(=O)NCc2ccc(N3CCN(C)CC3)nc2)cc1. The summed E-state index contributed by atoms with van der Waals surface area (Å²) in [6.07, 6.45) is 2.21. The minimum atomic E-state index is 0.00213. The summed E-state index contributed by atoms with van der Waals surface area (Å²) in [5.41, 5.74) is 1.98. The highest BCUT2D eigenvalue weighted by molar-refractivity contribution is 5.78. The number of benzene rings is 1. The Kier molecular flexibility index (Phi) is 6.65. The van der Waals surface area contributed by atoms with Gasteiger partial charge in [-0.25, -0.2) is 4.98 Å². The van der Waals surface area contributed by atoms with E-state index >= 15 is 0 Å². The number of likely N-dealkylation sites (N-methyl/N-ethyl adjacent to an activating group) is 1. The van der Waals surface area contributed by atoms with Gasteiger partial charge in [0.05, 0.1) is 13.0 Å². The summed E-state index contributed by atoms with van der Waals surface area (Å²) in [5.74, 6) is 1.84. The van der Waals surface area contributed by atoms with Crippen LogP contribution in [0.4, 0.5) is 5.82 Å². The average Bonchev–Trinajstić information content (AvgIpc) is 2.69. The standard InChI is InChI=1S/C21H28N4O2/c1-3-27-19-7-4-17(5-8-19)14-21(26)23-16-18-6-9-20(22-15-18)25-12-10-24(2)11-13-25/h4-9,15H,3,10-14,16H2,1-2H3,(H,23,26). The molecule has 1 fully saturated rings. The molecule has 0 atom stereocenters. The summed E-state index contributed by atoms with van der Waals surface area (Å²) >= 11 is 0. The number of carbonyl (C=O) groups excluding carboxylic acids is 1. The number of anilines is 1. The van der Waals surface area contributed by atoms with Crippen LogP contribution in [-0.4, -0.2) is 55.6 Å². The van der Waals surface area contributed by atoms with Crippen molar-refractivity contribution in [3.8, 4) is 5.75 Å². The average molecular weight is 368 g/mol. The Hall–Kier alpha value is -2.60. The number of amides is 1. The molecule has 1 N–H and O–H groups in total. The molecular formula is C21H28N4O2. The second kappa shape index (κ2) is 9.37. The summed E-state index contributed by atoms with van der Waals surface area (Å²) in [5, 5.41) is 2.96. The molecule has 6 heteroatoms. The molecule has 1 aromatic heterocycles. The Bertz CT molecular complexity index is 723. The number of nitrogens with one attached hydrogen (secondary N) is 1. The molecule has 1 amide bonds. The summed E-state index contributed by atoms with van der Waals surface area (Å²) in [4.78, 5) is 21.3. The first-order valence-electron chi connectivity index (χ1n) is 9.51. The number of hydrogen-bond donors (Lipinski definition) is 1. The molecule has 144 valence electrons. The number of aromatic nitrogens is 1. The maximum Gasteiger partial charge on any atom is 0.224 e. The lowest BCUT2D eigenvalue weighted by atomic mass is 10.1. The molecule has 0 unspecified atom stereocenters. The minimum Gasteiger partial charge on any atom is -0.494 e. The fourth-order valence-electron chi connectivity index (χ4n) is 3.06. The van der Waals surface area contributed by atoms with Gasteiger partial charge in [0, 0.05) is 38.9 Å². The number of nitrogens with zero attached hydrogens (tertiary/aromatic N) is 3. The van der Waals surface area contributed by atoms with Gasteiger partial charge in [-0.3, -0.25) is 4.79 Å². The van der Waals surface area contributed by atoms with Crippen molar-refractivity contribution in [3.63, 3.8) is 0 Å². The van der Waals surface area contributed by atoms with Gasteiger partial charge in [0.2, 0.25) is 5.91 Å². The van der Waals surface area contributed by atoms with E-state index in [-0.39, 0.29) is 5.91 Å². The quantitative estimate of drug-likeness (QED) is 0.811. The number of piperazine rings is 1. The van der Waals surface area contributed by atoms with E-state index in [1.54, 1.807) is 0 Å². The van der Waals surface area contributed by atoms with Crippen LogP contribution < -0.4 is 15.0 Å². The lowest BCUT2D eigenvalue weighted by Gasteiger charge is -2.33. The topological polar surface area (TPSA) is 57.7 Å². The van der Waals surface area contributed by atoms with Gasteiger partial charge in [-0.15, -0.1) is 0 Å². The number of carbonyl (C=O) groups is 1. The molecule has 0 spiro atoms. The highest BCUT2D eigenvalue weighted by Crippen LogP contribution is 2.14. The van der Waals surface area contributed by atoms with E-state index in [9.17, 15) is 4.79 Å². The third-order valence-corrected chi connectivity index (χ3v) is 4.73. The van der Waals surface area contributed by atoms with Gasteiger partial charge in [-0.05, 0) is 43.3 Å².